The second-order valence-electron chi connectivity index (χ2n) is 18.0. The van der Waals surface area contributed by atoms with Crippen molar-refractivity contribution in [3.05, 3.63) is 108 Å². The van der Waals surface area contributed by atoms with Crippen molar-refractivity contribution in [2.24, 2.45) is 65.6 Å². The molecule has 0 spiro atoms. The van der Waals surface area contributed by atoms with E-state index in [4.69, 9.17) is 22.3 Å². The van der Waals surface area contributed by atoms with Gasteiger partial charge >= 0.3 is 0 Å². The van der Waals surface area contributed by atoms with Crippen molar-refractivity contribution in [3.8, 4) is 0 Å². The van der Waals surface area contributed by atoms with E-state index in [1.54, 1.807) is 88.6 Å². The van der Waals surface area contributed by atoms with Crippen LogP contribution in [0.2, 0.25) is 0 Å². The molecule has 14 N–H and O–H groups in total. The van der Waals surface area contributed by atoms with E-state index in [0.29, 0.717) is 47.0 Å². The molecular weight excluding hydrogens is 957 g/mol. The van der Waals surface area contributed by atoms with Crippen LogP contribution < -0.4 is 54.0 Å². The first-order valence-electron chi connectivity index (χ1n) is 23.1. The number of anilines is 6. The standard InChI is InChI=1S/C48H58N18O8/c1-61-21-27(13-33(61)43(69)53-11-9-39(49)50)57-47(73)37-17-29(23-65(37)5)59-45(71)35-15-25(19-63(35)3)55-41(67)31-7-8-32(31)42(68)56-26-16-36(64(4)20-26)46(72)60-30-18-38(66(6)24-30)48(74)58-28-14-34(62(2)22-28)44(70)54-12-10-40(51)52/h13-24,31-32H,7-12H2,1-6H3,(H3,49,50)(H3,51,52)(H,53,69)(H,54,70)(H,55,67)(H,56,68)(H,57,73)(H,58,74)(H,59,71)(H,60,72)/t31-,32+. The number of carbonyl (C=O) groups is 8. The Labute approximate surface area is 423 Å². The van der Waals surface area contributed by atoms with Crippen molar-refractivity contribution in [2.45, 2.75) is 25.7 Å². The number of rotatable bonds is 20. The summed E-state index contributed by atoms with van der Waals surface area (Å²) >= 11 is 0. The van der Waals surface area contributed by atoms with Gasteiger partial charge in [0.1, 0.15) is 34.2 Å². The second-order valence-corrected chi connectivity index (χ2v) is 18.0. The number of aromatic nitrogens is 6. The Balaban J connectivity index is 0.889. The smallest absolute Gasteiger partial charge is 0.272 e. The Morgan fingerprint density at radius 2 is 0.622 bits per heavy atom. The molecule has 26 nitrogen and oxygen atoms in total. The number of carbonyl (C=O) groups excluding carboxylic acids is 8. The van der Waals surface area contributed by atoms with Gasteiger partial charge in [-0.2, -0.15) is 0 Å². The third-order valence-corrected chi connectivity index (χ3v) is 12.3. The van der Waals surface area contributed by atoms with Gasteiger partial charge in [-0.3, -0.25) is 49.2 Å². The summed E-state index contributed by atoms with van der Waals surface area (Å²) in [6.45, 7) is 0.376. The Bertz CT molecular complexity index is 3040. The molecule has 0 radical (unpaired) electrons. The lowest BCUT2D eigenvalue weighted by atomic mass is 9.72. The highest BCUT2D eigenvalue weighted by molar-refractivity contribution is 6.10. The van der Waals surface area contributed by atoms with Gasteiger partial charge < -0.3 is 81.4 Å². The molecule has 388 valence electrons. The van der Waals surface area contributed by atoms with E-state index in [0.717, 1.165) is 0 Å². The Morgan fingerprint density at radius 1 is 0.405 bits per heavy atom. The van der Waals surface area contributed by atoms with Crippen molar-refractivity contribution in [2.75, 3.05) is 45.0 Å². The minimum absolute atomic E-state index is 0.0532. The van der Waals surface area contributed by atoms with Crippen LogP contribution in [0.15, 0.2) is 73.6 Å². The number of nitrogens with two attached hydrogens (primary N) is 2. The van der Waals surface area contributed by atoms with Gasteiger partial charge in [0, 0.05) is 117 Å². The van der Waals surface area contributed by atoms with Gasteiger partial charge in [-0.1, -0.05) is 0 Å². The molecule has 7 rings (SSSR count). The Morgan fingerprint density at radius 3 is 0.838 bits per heavy atom. The Kier molecular flexibility index (Phi) is 15.4. The lowest BCUT2D eigenvalue weighted by Gasteiger charge is -2.33. The van der Waals surface area contributed by atoms with Crippen molar-refractivity contribution in [3.63, 3.8) is 0 Å². The zero-order valence-corrected chi connectivity index (χ0v) is 41.4. The first-order valence-corrected chi connectivity index (χ1v) is 23.1. The molecule has 1 aliphatic rings. The van der Waals surface area contributed by atoms with Gasteiger partial charge in [0.05, 0.1) is 45.8 Å². The van der Waals surface area contributed by atoms with Crippen LogP contribution in [-0.4, -0.2) is 99.4 Å². The topological polar surface area (TPSA) is 362 Å². The quantitative estimate of drug-likeness (QED) is 0.0391. The largest absolute Gasteiger partial charge is 0.388 e. The molecule has 0 bridgehead atoms. The number of nitrogens with one attached hydrogen (secondary N) is 10. The van der Waals surface area contributed by atoms with Crippen LogP contribution in [0.1, 0.15) is 88.6 Å². The normalized spacial score (nSPS) is 13.8. The molecule has 0 aliphatic heterocycles. The number of hydrogen-bond acceptors (Lipinski definition) is 10. The molecule has 6 aromatic heterocycles. The molecule has 1 saturated carbocycles. The van der Waals surface area contributed by atoms with E-state index < -0.39 is 59.1 Å². The van der Waals surface area contributed by atoms with Crippen molar-refractivity contribution in [1.29, 1.82) is 10.8 Å². The predicted octanol–water partition coefficient (Wildman–Crippen LogP) is 2.44. The molecule has 0 saturated heterocycles. The summed E-state index contributed by atoms with van der Waals surface area (Å²) in [5.74, 6) is -5.08. The SMILES string of the molecule is Cn1cc(NC(=O)c2cc(NC(=O)c3cc(NC(=O)[C@H]4CC[C@H]4C(=O)Nc4cc(C(=O)Nc5cc(C(=O)Nc6cc(C(=O)NCCC(=N)N)n(C)c6)n(C)c5)n(C)c4)cn3C)cn2C)cc1C(=O)NCCC(=N)N. The maximum absolute atomic E-state index is 13.5. The summed E-state index contributed by atoms with van der Waals surface area (Å²) in [4.78, 5) is 106. The summed E-state index contributed by atoms with van der Waals surface area (Å²) < 4.78 is 9.21. The number of hydrogen-bond donors (Lipinski definition) is 12. The molecule has 8 amide bonds. The van der Waals surface area contributed by atoms with E-state index >= 15 is 0 Å². The predicted molar refractivity (Wildman–Crippen MR) is 275 cm³/mol. The molecule has 6 heterocycles. The van der Waals surface area contributed by atoms with Gasteiger partial charge in [0.15, 0.2) is 0 Å². The van der Waals surface area contributed by atoms with Crippen LogP contribution in [0.4, 0.5) is 34.1 Å². The molecule has 6 aromatic rings. The van der Waals surface area contributed by atoms with E-state index in [1.807, 2.05) is 0 Å². The van der Waals surface area contributed by atoms with Gasteiger partial charge in [0.25, 0.3) is 35.4 Å². The van der Waals surface area contributed by atoms with Crippen LogP contribution in [-0.2, 0) is 51.9 Å². The lowest BCUT2D eigenvalue weighted by Crippen LogP contribution is -2.43. The third kappa shape index (κ3) is 12.1. The van der Waals surface area contributed by atoms with E-state index in [1.165, 1.54) is 54.7 Å². The molecule has 2 atom stereocenters. The molecule has 1 aliphatic carbocycles. The Hall–Kier alpha value is -9.62. The highest BCUT2D eigenvalue weighted by atomic mass is 16.2. The van der Waals surface area contributed by atoms with Gasteiger partial charge in [-0.25, -0.2) is 0 Å². The summed E-state index contributed by atoms with van der Waals surface area (Å²) in [7, 11) is 9.83. The summed E-state index contributed by atoms with van der Waals surface area (Å²) in [6, 6.07) is 8.99. The zero-order valence-electron chi connectivity index (χ0n) is 41.4. The first-order chi connectivity index (χ1) is 35.0. The molecule has 1 fully saturated rings. The maximum atomic E-state index is 13.5. The molecule has 0 aromatic carbocycles. The molecule has 74 heavy (non-hydrogen) atoms. The van der Waals surface area contributed by atoms with Gasteiger partial charge in [0.2, 0.25) is 11.8 Å². The number of nitrogens with zero attached hydrogens (tertiary/aromatic N) is 6. The van der Waals surface area contributed by atoms with Crippen molar-refractivity contribution >= 4 is 93.1 Å². The number of amidine groups is 2. The minimum Gasteiger partial charge on any atom is -0.388 e. The fourth-order valence-corrected chi connectivity index (χ4v) is 8.33. The molecule has 26 heteroatoms. The van der Waals surface area contributed by atoms with E-state index in [9.17, 15) is 38.4 Å². The second kappa shape index (κ2) is 21.8. The lowest BCUT2D eigenvalue weighted by molar-refractivity contribution is -0.134. The molecular formula is C48H58N18O8. The van der Waals surface area contributed by atoms with Gasteiger partial charge in [-0.15, -0.1) is 0 Å². The highest BCUT2D eigenvalue weighted by Gasteiger charge is 2.41. The van der Waals surface area contributed by atoms with Crippen LogP contribution in [0.5, 0.6) is 0 Å². The average Bonchev–Trinajstić information content (AvgIpc) is 4.16. The van der Waals surface area contributed by atoms with Crippen molar-refractivity contribution < 1.29 is 38.4 Å². The average molecular weight is 1020 g/mol. The zero-order chi connectivity index (χ0) is 53.7. The minimum atomic E-state index is -0.665. The van der Waals surface area contributed by atoms with Crippen LogP contribution in [0, 0.1) is 22.7 Å². The number of aryl methyl sites for hydroxylation is 6. The van der Waals surface area contributed by atoms with Crippen LogP contribution >= 0.6 is 0 Å². The summed E-state index contributed by atoms with van der Waals surface area (Å²) in [5.41, 5.74) is 14.1. The van der Waals surface area contributed by atoms with Crippen LogP contribution in [0.25, 0.3) is 0 Å². The fraction of sp³-hybridized carbons (Fsp3) is 0.292. The van der Waals surface area contributed by atoms with Crippen molar-refractivity contribution in [1.82, 2.24) is 38.0 Å². The first kappa shape index (κ1) is 52.2. The number of amides is 8. The fourth-order valence-electron chi connectivity index (χ4n) is 8.33. The maximum Gasteiger partial charge on any atom is 0.272 e. The van der Waals surface area contributed by atoms with Crippen LogP contribution in [0.3, 0.4) is 0 Å². The third-order valence-electron chi connectivity index (χ3n) is 12.3. The molecule has 0 unspecified atom stereocenters. The monoisotopic (exact) mass is 1010 g/mol. The van der Waals surface area contributed by atoms with Gasteiger partial charge in [-0.05, 0) is 49.2 Å². The van der Waals surface area contributed by atoms with E-state index in [-0.39, 0.29) is 71.8 Å². The highest BCUT2D eigenvalue weighted by Crippen LogP contribution is 2.36. The van der Waals surface area contributed by atoms with E-state index in [2.05, 4.69) is 42.5 Å². The summed E-state index contributed by atoms with van der Waals surface area (Å²) in [5, 5.41) is 36.7. The summed E-state index contributed by atoms with van der Waals surface area (Å²) in [6.07, 6.45) is 10.7.